The van der Waals surface area contributed by atoms with Gasteiger partial charge in [0.25, 0.3) is 0 Å². The number of aryl methyl sites for hydroxylation is 1. The second kappa shape index (κ2) is 9.30. The Morgan fingerprint density at radius 1 is 1.57 bits per heavy atom. The summed E-state index contributed by atoms with van der Waals surface area (Å²) in [5.41, 5.74) is 1.01. The summed E-state index contributed by atoms with van der Waals surface area (Å²) in [5, 5.41) is 4.33. The van der Waals surface area contributed by atoms with Gasteiger partial charge in [-0.1, -0.05) is 0 Å². The van der Waals surface area contributed by atoms with E-state index in [-0.39, 0.29) is 17.3 Å². The second-order valence-electron chi connectivity index (χ2n) is 4.33. The number of nitrogens with zero attached hydrogens (tertiary/aromatic N) is 2. The van der Waals surface area contributed by atoms with Crippen LogP contribution in [0.25, 0.3) is 5.57 Å². The Labute approximate surface area is 151 Å². The molecule has 0 saturated heterocycles. The van der Waals surface area contributed by atoms with E-state index >= 15 is 0 Å². The summed E-state index contributed by atoms with van der Waals surface area (Å²) in [7, 11) is 0. The number of esters is 1. The topological polar surface area (TPSA) is 53.4 Å². The van der Waals surface area contributed by atoms with Gasteiger partial charge in [-0.15, -0.1) is 0 Å². The van der Waals surface area contributed by atoms with E-state index in [0.717, 1.165) is 0 Å². The van der Waals surface area contributed by atoms with Gasteiger partial charge in [0, 0.05) is 0 Å². The van der Waals surface area contributed by atoms with Crippen LogP contribution >= 0.6 is 11.6 Å². The predicted molar refractivity (Wildman–Crippen MR) is 83.7 cm³/mol. The molecule has 125 valence electrons. The zero-order valence-corrected chi connectivity index (χ0v) is 16.1. The van der Waals surface area contributed by atoms with Crippen molar-refractivity contribution in [1.82, 2.24) is 9.78 Å². The van der Waals surface area contributed by atoms with E-state index < -0.39 is 12.3 Å². The van der Waals surface area contributed by atoms with Gasteiger partial charge in [-0.25, -0.2) is 0 Å². The summed E-state index contributed by atoms with van der Waals surface area (Å²) in [5.74, 6) is -0.606. The van der Waals surface area contributed by atoms with E-state index in [1.165, 1.54) is 33.6 Å². The molecular weight excluding hydrogens is 404 g/mol. The average molecular weight is 422 g/mol. The average Bonchev–Trinajstić information content (AvgIpc) is 2.81. The van der Waals surface area contributed by atoms with Crippen LogP contribution in [0.2, 0.25) is 5.02 Å². The molecule has 1 unspecified atom stereocenters. The van der Waals surface area contributed by atoms with Crippen LogP contribution in [0.15, 0.2) is 18.7 Å². The Morgan fingerprint density at radius 3 is 2.70 bits per heavy atom. The molecule has 1 rings (SSSR count). The van der Waals surface area contributed by atoms with Crippen molar-refractivity contribution >= 4 is 27.1 Å². The predicted octanol–water partition coefficient (Wildman–Crippen LogP) is 3.31. The number of hydrogen-bond donors (Lipinski definition) is 0. The molecule has 0 amide bonds. The molecule has 1 heterocycles. The van der Waals surface area contributed by atoms with Crippen LogP contribution in [0.4, 0.5) is 4.39 Å². The van der Waals surface area contributed by atoms with Gasteiger partial charge in [0.05, 0.1) is 0 Å². The van der Waals surface area contributed by atoms with E-state index in [1.54, 1.807) is 17.7 Å². The number of rotatable bonds is 8. The van der Waals surface area contributed by atoms with E-state index in [0.29, 0.717) is 21.7 Å². The van der Waals surface area contributed by atoms with Crippen LogP contribution in [0.5, 0.6) is 0 Å². The molecular formula is C15H18ClFN2NbO3. The zero-order valence-electron chi connectivity index (χ0n) is 13.2. The summed E-state index contributed by atoms with van der Waals surface area (Å²) < 4.78 is 25.2. The monoisotopic (exact) mass is 421 g/mol. The fourth-order valence-electron chi connectivity index (χ4n) is 1.84. The number of carbonyl (C=O) groups is 1. The third kappa shape index (κ3) is 4.96. The molecule has 0 saturated carbocycles. The van der Waals surface area contributed by atoms with Crippen molar-refractivity contribution in [2.45, 2.75) is 33.7 Å². The molecule has 5 nitrogen and oxygen atoms in total. The van der Waals surface area contributed by atoms with Crippen LogP contribution < -0.4 is 0 Å². The molecule has 0 aliphatic heterocycles. The Bertz CT molecular complexity index is 641. The minimum atomic E-state index is -1.47. The minimum absolute atomic E-state index is 0.0208. The number of alkyl halides is 1. The van der Waals surface area contributed by atoms with Crippen molar-refractivity contribution in [3.8, 4) is 0 Å². The Kier molecular flexibility index (Phi) is 8.08. The maximum absolute atomic E-state index is 13.2. The van der Waals surface area contributed by atoms with Crippen molar-refractivity contribution in [3.05, 3.63) is 35.1 Å². The zero-order chi connectivity index (χ0) is 17.6. The quantitative estimate of drug-likeness (QED) is 0.367. The first kappa shape index (κ1) is 20.0. The summed E-state index contributed by atoms with van der Waals surface area (Å²) in [6, 6.07) is 0. The van der Waals surface area contributed by atoms with Gasteiger partial charge in [-0.2, -0.15) is 0 Å². The normalized spacial score (nSPS) is 12.8. The second-order valence-corrected chi connectivity index (χ2v) is 5.71. The number of aromatic nitrogens is 2. The number of hydrogen-bond acceptors (Lipinski definition) is 4. The van der Waals surface area contributed by atoms with Crippen LogP contribution in [0, 0.1) is 0 Å². The molecule has 0 aromatic carbocycles. The van der Waals surface area contributed by atoms with Crippen molar-refractivity contribution in [2.75, 3.05) is 6.61 Å². The van der Waals surface area contributed by atoms with Crippen molar-refractivity contribution < 1.29 is 39.3 Å². The van der Waals surface area contributed by atoms with Crippen LogP contribution in [-0.4, -0.2) is 32.6 Å². The van der Waals surface area contributed by atoms with E-state index in [2.05, 4.69) is 11.7 Å². The maximum atomic E-state index is 13.2. The van der Waals surface area contributed by atoms with Gasteiger partial charge in [0.1, 0.15) is 0 Å². The van der Waals surface area contributed by atoms with Gasteiger partial charge in [-0.05, 0) is 0 Å². The first-order chi connectivity index (χ1) is 10.9. The molecule has 8 heteroatoms. The summed E-state index contributed by atoms with van der Waals surface area (Å²) in [6.45, 7) is 9.16. The van der Waals surface area contributed by atoms with E-state index in [1.807, 2.05) is 6.92 Å². The fourth-order valence-corrected chi connectivity index (χ4v) is 2.96. The Balaban J connectivity index is 3.42. The molecule has 23 heavy (non-hydrogen) atoms. The standard InChI is InChI=1S/C15H18ClFN2O3.Nb/c1-5-8-11(9-22-10(4)17)14-12(16)13(15(20)21-7-3)18-19(14)6-2;/h5,8,10H,1,6-7H2,2-4H3;/b11-8+;. The van der Waals surface area contributed by atoms with Gasteiger partial charge >= 0.3 is 152 Å². The van der Waals surface area contributed by atoms with Crippen molar-refractivity contribution in [1.29, 1.82) is 0 Å². The Morgan fingerprint density at radius 2 is 2.22 bits per heavy atom. The molecule has 0 bridgehead atoms. The van der Waals surface area contributed by atoms with Crippen molar-refractivity contribution in [2.24, 2.45) is 0 Å². The summed E-state index contributed by atoms with van der Waals surface area (Å²) >= 11 is 7.52. The van der Waals surface area contributed by atoms with Gasteiger partial charge in [0.15, 0.2) is 0 Å². The van der Waals surface area contributed by atoms with E-state index in [9.17, 15) is 9.18 Å². The van der Waals surface area contributed by atoms with Crippen LogP contribution in [-0.2, 0) is 36.6 Å². The molecule has 1 aromatic rings. The Hall–Kier alpha value is -1.05. The van der Waals surface area contributed by atoms with Crippen LogP contribution in [0.1, 0.15) is 37.0 Å². The first-order valence-corrected chi connectivity index (χ1v) is 8.48. The first-order valence-electron chi connectivity index (χ1n) is 7.00. The van der Waals surface area contributed by atoms with Crippen molar-refractivity contribution in [3.63, 3.8) is 0 Å². The van der Waals surface area contributed by atoms with Gasteiger partial charge in [0.2, 0.25) is 0 Å². The number of halogens is 2. The SMILES string of the molecule is C=C/C=C(\[C](=[Nb])OC(C)F)c1c(Cl)c(C(=O)OCC)nn1CC. The van der Waals surface area contributed by atoms with Gasteiger partial charge in [-0.3, -0.25) is 0 Å². The number of ether oxygens (including phenoxy) is 2. The number of carbonyl (C=O) groups excluding carboxylic acids is 1. The molecule has 0 fully saturated rings. The van der Waals surface area contributed by atoms with E-state index in [4.69, 9.17) is 21.1 Å². The van der Waals surface area contributed by atoms with Gasteiger partial charge < -0.3 is 0 Å². The third-order valence-electron chi connectivity index (χ3n) is 2.71. The summed E-state index contributed by atoms with van der Waals surface area (Å²) in [4.78, 5) is 12.0. The molecule has 0 radical (unpaired) electrons. The molecule has 0 aliphatic rings. The molecule has 0 spiro atoms. The molecule has 1 aromatic heterocycles. The molecule has 0 aliphatic carbocycles. The molecule has 0 N–H and O–H groups in total. The summed E-state index contributed by atoms with van der Waals surface area (Å²) in [6.07, 6.45) is 1.70. The van der Waals surface area contributed by atoms with Crippen LogP contribution in [0.3, 0.4) is 0 Å². The number of allylic oxidation sites excluding steroid dienone is 2. The molecule has 1 atom stereocenters. The third-order valence-corrected chi connectivity index (χ3v) is 3.92. The fraction of sp³-hybridized carbons (Fsp3) is 0.400.